The normalized spacial score (nSPS) is 20.3. The molecule has 1 amide bonds. The van der Waals surface area contributed by atoms with E-state index in [1.165, 1.54) is 12.1 Å². The Bertz CT molecular complexity index is 496. The predicted molar refractivity (Wildman–Crippen MR) is 71.7 cm³/mol. The van der Waals surface area contributed by atoms with E-state index in [2.05, 4.69) is 5.32 Å². The van der Waals surface area contributed by atoms with Crippen molar-refractivity contribution >= 4 is 5.91 Å². The van der Waals surface area contributed by atoms with Crippen LogP contribution in [0.15, 0.2) is 24.3 Å². The Labute approximate surface area is 121 Å². The minimum Gasteiger partial charge on any atom is -0.376 e. The molecule has 0 spiro atoms. The van der Waals surface area contributed by atoms with Gasteiger partial charge in [-0.3, -0.25) is 4.79 Å². The Morgan fingerprint density at radius 3 is 2.86 bits per heavy atom. The lowest BCUT2D eigenvalue weighted by atomic mass is 10.1. The number of ether oxygens (including phenoxy) is 1. The molecule has 1 fully saturated rings. The summed E-state index contributed by atoms with van der Waals surface area (Å²) in [5.41, 5.74) is -0.387. The summed E-state index contributed by atoms with van der Waals surface area (Å²) in [7, 11) is 0. The van der Waals surface area contributed by atoms with Crippen molar-refractivity contribution in [2.45, 2.75) is 44.5 Å². The van der Waals surface area contributed by atoms with Crippen LogP contribution in [0.3, 0.4) is 0 Å². The highest BCUT2D eigenvalue weighted by Crippen LogP contribution is 2.29. The van der Waals surface area contributed by atoms with Crippen LogP contribution >= 0.6 is 0 Å². The van der Waals surface area contributed by atoms with Gasteiger partial charge >= 0.3 is 6.18 Å². The largest absolute Gasteiger partial charge is 0.416 e. The molecule has 6 heteroatoms. The number of nitrogens with one attached hydrogen (secondary N) is 1. The minimum absolute atomic E-state index is 0.00420. The van der Waals surface area contributed by atoms with E-state index in [1.807, 2.05) is 6.92 Å². The summed E-state index contributed by atoms with van der Waals surface area (Å²) in [5.74, 6) is -0.294. The molecule has 0 radical (unpaired) electrons. The molecule has 0 aliphatic carbocycles. The Kier molecular flexibility index (Phi) is 4.88. The summed E-state index contributed by atoms with van der Waals surface area (Å²) in [4.78, 5) is 11.9. The first kappa shape index (κ1) is 15.8. The third-order valence-electron chi connectivity index (χ3n) is 3.53. The summed E-state index contributed by atoms with van der Waals surface area (Å²) >= 11 is 0. The van der Waals surface area contributed by atoms with Gasteiger partial charge in [-0.25, -0.2) is 0 Å². The average Bonchev–Trinajstić information content (AvgIpc) is 2.91. The molecule has 0 saturated carbocycles. The fourth-order valence-electron chi connectivity index (χ4n) is 2.44. The van der Waals surface area contributed by atoms with E-state index in [0.29, 0.717) is 12.2 Å². The number of rotatable bonds is 4. The zero-order valence-electron chi connectivity index (χ0n) is 11.7. The van der Waals surface area contributed by atoms with Gasteiger partial charge in [0.05, 0.1) is 24.1 Å². The van der Waals surface area contributed by atoms with Crippen molar-refractivity contribution in [3.05, 3.63) is 35.4 Å². The lowest BCUT2D eigenvalue weighted by Crippen LogP contribution is -2.41. The summed E-state index contributed by atoms with van der Waals surface area (Å²) in [5, 5.41) is 2.78. The Hall–Kier alpha value is -1.56. The van der Waals surface area contributed by atoms with Gasteiger partial charge in [-0.2, -0.15) is 13.2 Å². The SMILES string of the molecule is C[C@@H](NC(=O)Cc1cccc(C(F)(F)F)c1)[C@H]1CCCO1. The molecule has 0 bridgehead atoms. The number of carbonyl (C=O) groups is 1. The van der Waals surface area contributed by atoms with Gasteiger partial charge < -0.3 is 10.1 Å². The number of amides is 1. The summed E-state index contributed by atoms with van der Waals surface area (Å²) in [6.45, 7) is 2.54. The number of halogens is 3. The number of carbonyl (C=O) groups excluding carboxylic acids is 1. The monoisotopic (exact) mass is 301 g/mol. The van der Waals surface area contributed by atoms with Crippen LogP contribution in [0, 0.1) is 0 Å². The molecule has 1 aromatic rings. The molecule has 0 aromatic heterocycles. The highest BCUT2D eigenvalue weighted by atomic mass is 19.4. The third kappa shape index (κ3) is 4.46. The fourth-order valence-corrected chi connectivity index (χ4v) is 2.44. The maximum atomic E-state index is 12.6. The molecule has 1 aliphatic heterocycles. The van der Waals surface area contributed by atoms with Crippen LogP contribution < -0.4 is 5.32 Å². The van der Waals surface area contributed by atoms with E-state index >= 15 is 0 Å². The maximum absolute atomic E-state index is 12.6. The van der Waals surface area contributed by atoms with Crippen molar-refractivity contribution in [3.63, 3.8) is 0 Å². The molecule has 0 unspecified atom stereocenters. The van der Waals surface area contributed by atoms with Crippen molar-refractivity contribution in [3.8, 4) is 0 Å². The molecule has 1 N–H and O–H groups in total. The Morgan fingerprint density at radius 2 is 2.24 bits per heavy atom. The molecule has 1 aliphatic rings. The van der Waals surface area contributed by atoms with Crippen LogP contribution in [0.25, 0.3) is 0 Å². The van der Waals surface area contributed by atoms with E-state index in [9.17, 15) is 18.0 Å². The smallest absolute Gasteiger partial charge is 0.376 e. The van der Waals surface area contributed by atoms with E-state index in [1.54, 1.807) is 0 Å². The fraction of sp³-hybridized carbons (Fsp3) is 0.533. The van der Waals surface area contributed by atoms with Gasteiger partial charge in [0.2, 0.25) is 5.91 Å². The second kappa shape index (κ2) is 6.47. The third-order valence-corrected chi connectivity index (χ3v) is 3.53. The van der Waals surface area contributed by atoms with Crippen molar-refractivity contribution in [2.75, 3.05) is 6.61 Å². The zero-order chi connectivity index (χ0) is 15.5. The molecule has 116 valence electrons. The number of benzene rings is 1. The van der Waals surface area contributed by atoms with E-state index in [-0.39, 0.29) is 24.5 Å². The molecule has 2 atom stereocenters. The second-order valence-corrected chi connectivity index (χ2v) is 5.28. The van der Waals surface area contributed by atoms with E-state index < -0.39 is 11.7 Å². The molecule has 1 saturated heterocycles. The number of alkyl halides is 3. The quantitative estimate of drug-likeness (QED) is 0.928. The molecule has 2 rings (SSSR count). The first-order valence-electron chi connectivity index (χ1n) is 6.93. The molecule has 1 aromatic carbocycles. The lowest BCUT2D eigenvalue weighted by Gasteiger charge is -2.20. The van der Waals surface area contributed by atoms with Crippen LogP contribution in [-0.2, 0) is 22.1 Å². The van der Waals surface area contributed by atoms with Gasteiger partial charge in [0, 0.05) is 6.61 Å². The molecular weight excluding hydrogens is 283 g/mol. The molecule has 3 nitrogen and oxygen atoms in total. The highest BCUT2D eigenvalue weighted by Gasteiger charge is 2.30. The maximum Gasteiger partial charge on any atom is 0.416 e. The van der Waals surface area contributed by atoms with Gasteiger partial charge in [0.15, 0.2) is 0 Å². The zero-order valence-corrected chi connectivity index (χ0v) is 11.7. The molecule has 1 heterocycles. The van der Waals surface area contributed by atoms with Crippen LogP contribution in [0.2, 0.25) is 0 Å². The standard InChI is InChI=1S/C15H18F3NO2/c1-10(13-6-3-7-21-13)19-14(20)9-11-4-2-5-12(8-11)15(16,17)18/h2,4-5,8,10,13H,3,6-7,9H2,1H3,(H,19,20)/t10-,13-/m1/s1. The molecular formula is C15H18F3NO2. The Balaban J connectivity index is 1.93. The average molecular weight is 301 g/mol. The Morgan fingerprint density at radius 1 is 1.48 bits per heavy atom. The number of hydrogen-bond acceptors (Lipinski definition) is 2. The van der Waals surface area contributed by atoms with Crippen LogP contribution in [-0.4, -0.2) is 24.7 Å². The van der Waals surface area contributed by atoms with Crippen molar-refractivity contribution in [1.82, 2.24) is 5.32 Å². The van der Waals surface area contributed by atoms with Crippen LogP contribution in [0.4, 0.5) is 13.2 Å². The van der Waals surface area contributed by atoms with Crippen molar-refractivity contribution in [2.24, 2.45) is 0 Å². The molecule has 21 heavy (non-hydrogen) atoms. The van der Waals surface area contributed by atoms with Gasteiger partial charge in [-0.15, -0.1) is 0 Å². The highest BCUT2D eigenvalue weighted by molar-refractivity contribution is 5.78. The summed E-state index contributed by atoms with van der Waals surface area (Å²) in [6.07, 6.45) is -2.60. The van der Waals surface area contributed by atoms with Crippen LogP contribution in [0.5, 0.6) is 0 Å². The predicted octanol–water partition coefficient (Wildman–Crippen LogP) is 2.93. The van der Waals surface area contributed by atoms with Gasteiger partial charge in [-0.05, 0) is 31.4 Å². The first-order chi connectivity index (χ1) is 9.86. The van der Waals surface area contributed by atoms with Gasteiger partial charge in [0.25, 0.3) is 0 Å². The number of hydrogen-bond donors (Lipinski definition) is 1. The minimum atomic E-state index is -4.39. The van der Waals surface area contributed by atoms with E-state index in [4.69, 9.17) is 4.74 Å². The van der Waals surface area contributed by atoms with Crippen molar-refractivity contribution in [1.29, 1.82) is 0 Å². The lowest BCUT2D eigenvalue weighted by molar-refractivity contribution is -0.137. The van der Waals surface area contributed by atoms with E-state index in [0.717, 1.165) is 25.0 Å². The van der Waals surface area contributed by atoms with Gasteiger partial charge in [0.1, 0.15) is 0 Å². The first-order valence-corrected chi connectivity index (χ1v) is 6.93. The second-order valence-electron chi connectivity index (χ2n) is 5.28. The van der Waals surface area contributed by atoms with Crippen LogP contribution in [0.1, 0.15) is 30.9 Å². The van der Waals surface area contributed by atoms with Crippen molar-refractivity contribution < 1.29 is 22.7 Å². The van der Waals surface area contributed by atoms with Gasteiger partial charge in [-0.1, -0.05) is 18.2 Å². The summed E-state index contributed by atoms with van der Waals surface area (Å²) < 4.78 is 43.3. The topological polar surface area (TPSA) is 38.3 Å². The summed E-state index contributed by atoms with van der Waals surface area (Å²) in [6, 6.07) is 4.71.